The van der Waals surface area contributed by atoms with Crippen LogP contribution in [0.5, 0.6) is 0 Å². The van der Waals surface area contributed by atoms with Crippen molar-refractivity contribution in [3.8, 4) is 0 Å². The SMILES string of the molecule is CC1=C(/C=C/C(C)=C/C=C/C(C)=C/C=C/C=C(C)/C=C/C=C(C)/C=C/C=C(C)/C=C/C=C(\C)CO)C(C)(C)CCC1. The maximum atomic E-state index is 9.02. The van der Waals surface area contributed by atoms with Gasteiger partial charge in [-0.25, -0.2) is 0 Å². The van der Waals surface area contributed by atoms with Gasteiger partial charge in [0.2, 0.25) is 0 Å². The van der Waals surface area contributed by atoms with Gasteiger partial charge in [0.1, 0.15) is 0 Å². The molecule has 0 radical (unpaired) electrons. The molecule has 0 unspecified atom stereocenters. The van der Waals surface area contributed by atoms with Crippen molar-refractivity contribution >= 4 is 0 Å². The van der Waals surface area contributed by atoms with Crippen molar-refractivity contribution in [1.82, 2.24) is 0 Å². The summed E-state index contributed by atoms with van der Waals surface area (Å²) < 4.78 is 0. The molecule has 0 amide bonds. The quantitative estimate of drug-likeness (QED) is 0.226. The van der Waals surface area contributed by atoms with E-state index >= 15 is 0 Å². The first-order valence-electron chi connectivity index (χ1n) is 14.8. The van der Waals surface area contributed by atoms with Crippen molar-refractivity contribution < 1.29 is 5.11 Å². The third-order valence-electron chi connectivity index (χ3n) is 7.03. The molecule has 0 fully saturated rings. The predicted octanol–water partition coefficient (Wildman–Crippen LogP) is 11.5. The van der Waals surface area contributed by atoms with Gasteiger partial charge in [-0.3, -0.25) is 0 Å². The molecule has 0 bridgehead atoms. The number of aliphatic hydroxyl groups excluding tert-OH is 1. The maximum absolute atomic E-state index is 9.02. The van der Waals surface area contributed by atoms with E-state index in [-0.39, 0.29) is 12.0 Å². The van der Waals surface area contributed by atoms with Gasteiger partial charge >= 0.3 is 0 Å². The van der Waals surface area contributed by atoms with Crippen molar-refractivity contribution in [3.05, 3.63) is 154 Å². The Hall–Kier alpha value is -3.42. The Morgan fingerprint density at radius 1 is 0.610 bits per heavy atom. The zero-order chi connectivity index (χ0) is 30.7. The van der Waals surface area contributed by atoms with Gasteiger partial charge in [0.05, 0.1) is 6.61 Å². The van der Waals surface area contributed by atoms with E-state index in [0.29, 0.717) is 0 Å². The number of allylic oxidation sites excluding steroid dienone is 25. The van der Waals surface area contributed by atoms with Crippen LogP contribution < -0.4 is 0 Å². The highest BCUT2D eigenvalue weighted by molar-refractivity contribution is 5.37. The van der Waals surface area contributed by atoms with Crippen LogP contribution in [0.15, 0.2) is 154 Å². The second-order valence-corrected chi connectivity index (χ2v) is 11.8. The van der Waals surface area contributed by atoms with Gasteiger partial charge in [-0.05, 0) is 84.3 Å². The molecule has 0 saturated heterocycles. The second kappa shape index (κ2) is 19.6. The van der Waals surface area contributed by atoms with E-state index in [1.807, 2.05) is 25.2 Å². The fourth-order valence-corrected chi connectivity index (χ4v) is 4.39. The zero-order valence-corrected chi connectivity index (χ0v) is 27.2. The lowest BCUT2D eigenvalue weighted by Crippen LogP contribution is -2.19. The lowest BCUT2D eigenvalue weighted by atomic mass is 9.72. The molecule has 0 heterocycles. The van der Waals surface area contributed by atoms with Crippen molar-refractivity contribution in [2.24, 2.45) is 5.41 Å². The Balaban J connectivity index is 2.60. The van der Waals surface area contributed by atoms with Gasteiger partial charge in [0, 0.05) is 0 Å². The summed E-state index contributed by atoms with van der Waals surface area (Å²) in [6.45, 7) is 19.6. The molecule has 0 aromatic carbocycles. The summed E-state index contributed by atoms with van der Waals surface area (Å²) >= 11 is 0. The number of hydrogen-bond acceptors (Lipinski definition) is 1. The van der Waals surface area contributed by atoms with E-state index in [2.05, 4.69) is 147 Å². The first-order valence-corrected chi connectivity index (χ1v) is 14.8. The molecule has 0 saturated carbocycles. The summed E-state index contributed by atoms with van der Waals surface area (Å²) in [4.78, 5) is 0. The Morgan fingerprint density at radius 3 is 1.41 bits per heavy atom. The number of aliphatic hydroxyl groups is 1. The standard InChI is InChI=1S/C40H54O/c1-32(19-12-21-34(3)22-13-23-35(4)24-15-26-37(6)31-41)17-10-11-18-33(2)20-14-25-36(5)28-29-39-38(7)27-16-30-40(39,8)9/h10-15,17-26,28-29,41H,16,27,30-31H2,1-9H3/b11-10+,19-12+,20-14+,22-13+,24-15+,29-28+,32-17+,33-18+,34-21+,35-23+,36-25+,37-26+. The van der Waals surface area contributed by atoms with Crippen LogP contribution in [0.1, 0.15) is 81.6 Å². The van der Waals surface area contributed by atoms with Gasteiger partial charge < -0.3 is 5.11 Å². The van der Waals surface area contributed by atoms with Crippen LogP contribution in [0.4, 0.5) is 0 Å². The normalized spacial score (nSPS) is 19.2. The molecule has 0 atom stereocenters. The second-order valence-electron chi connectivity index (χ2n) is 11.8. The molecule has 0 aromatic rings. The molecule has 1 N–H and O–H groups in total. The molecule has 1 aliphatic rings. The average molecular weight is 551 g/mol. The summed E-state index contributed by atoms with van der Waals surface area (Å²) in [6, 6.07) is 0. The molecule has 1 nitrogen and oxygen atoms in total. The summed E-state index contributed by atoms with van der Waals surface area (Å²) in [7, 11) is 0. The van der Waals surface area contributed by atoms with Crippen molar-refractivity contribution in [2.45, 2.75) is 81.6 Å². The molecular formula is C40H54O. The van der Waals surface area contributed by atoms with E-state index < -0.39 is 0 Å². The molecule has 1 heteroatoms. The monoisotopic (exact) mass is 550 g/mol. The van der Waals surface area contributed by atoms with Gasteiger partial charge in [0.15, 0.2) is 0 Å². The Bertz CT molecular complexity index is 1250. The summed E-state index contributed by atoms with van der Waals surface area (Å²) in [5, 5.41) is 9.02. The van der Waals surface area contributed by atoms with Crippen LogP contribution in [0.25, 0.3) is 0 Å². The lowest BCUT2D eigenvalue weighted by molar-refractivity contribution is 0.331. The van der Waals surface area contributed by atoms with Crippen LogP contribution in [0.3, 0.4) is 0 Å². The highest BCUT2D eigenvalue weighted by atomic mass is 16.3. The third kappa shape index (κ3) is 16.4. The van der Waals surface area contributed by atoms with Crippen molar-refractivity contribution in [2.75, 3.05) is 6.61 Å². The third-order valence-corrected chi connectivity index (χ3v) is 7.03. The summed E-state index contributed by atoms with van der Waals surface area (Å²) in [6.07, 6.45) is 41.7. The van der Waals surface area contributed by atoms with Crippen LogP contribution in [0.2, 0.25) is 0 Å². The molecule has 1 rings (SSSR count). The zero-order valence-electron chi connectivity index (χ0n) is 27.2. The molecule has 0 aliphatic heterocycles. The number of rotatable bonds is 13. The molecule has 1 aliphatic carbocycles. The summed E-state index contributed by atoms with van der Waals surface area (Å²) in [5.74, 6) is 0. The van der Waals surface area contributed by atoms with Crippen LogP contribution in [-0.4, -0.2) is 11.7 Å². The first kappa shape index (κ1) is 35.6. The average Bonchev–Trinajstić information content (AvgIpc) is 2.90. The molecule has 41 heavy (non-hydrogen) atoms. The predicted molar refractivity (Wildman–Crippen MR) is 185 cm³/mol. The van der Waals surface area contributed by atoms with Crippen molar-refractivity contribution in [1.29, 1.82) is 0 Å². The first-order chi connectivity index (χ1) is 19.4. The van der Waals surface area contributed by atoms with Gasteiger partial charge in [-0.15, -0.1) is 0 Å². The minimum Gasteiger partial charge on any atom is -0.392 e. The lowest BCUT2D eigenvalue weighted by Gasteiger charge is -2.32. The number of hydrogen-bond donors (Lipinski definition) is 1. The topological polar surface area (TPSA) is 20.2 Å². The van der Waals surface area contributed by atoms with Gasteiger partial charge in [-0.1, -0.05) is 157 Å². The Labute approximate surface area is 252 Å². The minimum absolute atomic E-state index is 0.0950. The van der Waals surface area contributed by atoms with Gasteiger partial charge in [0.25, 0.3) is 0 Å². The Kier molecular flexibility index (Phi) is 17.0. The van der Waals surface area contributed by atoms with Crippen LogP contribution in [-0.2, 0) is 0 Å². The molecule has 220 valence electrons. The van der Waals surface area contributed by atoms with Crippen LogP contribution in [0, 0.1) is 5.41 Å². The van der Waals surface area contributed by atoms with Crippen molar-refractivity contribution in [3.63, 3.8) is 0 Å². The van der Waals surface area contributed by atoms with Gasteiger partial charge in [-0.2, -0.15) is 0 Å². The van der Waals surface area contributed by atoms with E-state index in [0.717, 1.165) is 11.1 Å². The Morgan fingerprint density at radius 2 is 1.00 bits per heavy atom. The highest BCUT2D eigenvalue weighted by Crippen LogP contribution is 2.40. The van der Waals surface area contributed by atoms with E-state index in [4.69, 9.17) is 5.11 Å². The van der Waals surface area contributed by atoms with E-state index in [1.54, 1.807) is 0 Å². The molecule has 0 spiro atoms. The summed E-state index contributed by atoms with van der Waals surface area (Å²) in [5.41, 5.74) is 10.3. The fraction of sp³-hybridized carbons (Fsp3) is 0.350. The largest absolute Gasteiger partial charge is 0.392 e. The molecular weight excluding hydrogens is 496 g/mol. The van der Waals surface area contributed by atoms with E-state index in [9.17, 15) is 0 Å². The maximum Gasteiger partial charge on any atom is 0.0642 e. The smallest absolute Gasteiger partial charge is 0.0642 e. The minimum atomic E-state index is 0.0950. The van der Waals surface area contributed by atoms with E-state index in [1.165, 1.54) is 52.7 Å². The fourth-order valence-electron chi connectivity index (χ4n) is 4.39. The highest BCUT2D eigenvalue weighted by Gasteiger charge is 2.26. The van der Waals surface area contributed by atoms with Crippen LogP contribution >= 0.6 is 0 Å². The molecule has 0 aromatic heterocycles.